The number of carbonyl (C=O) groups is 2. The van der Waals surface area contributed by atoms with Gasteiger partial charge in [-0.3, -0.25) is 9.59 Å². The second-order valence-electron chi connectivity index (χ2n) is 7.43. The van der Waals surface area contributed by atoms with Crippen LogP contribution in [0.15, 0.2) is 24.3 Å². The number of aromatic hydroxyl groups is 2. The van der Waals surface area contributed by atoms with Crippen LogP contribution in [0.3, 0.4) is 0 Å². The highest BCUT2D eigenvalue weighted by molar-refractivity contribution is 6.05. The van der Waals surface area contributed by atoms with Crippen molar-refractivity contribution < 1.29 is 35.1 Å². The Morgan fingerprint density at radius 3 is 2.26 bits per heavy atom. The summed E-state index contributed by atoms with van der Waals surface area (Å²) in [6.07, 6.45) is -3.25. The summed E-state index contributed by atoms with van der Waals surface area (Å²) in [5.41, 5.74) is -1.26. The van der Waals surface area contributed by atoms with Crippen molar-refractivity contribution in [1.82, 2.24) is 0 Å². The van der Waals surface area contributed by atoms with E-state index >= 15 is 0 Å². The van der Waals surface area contributed by atoms with E-state index in [1.165, 1.54) is 24.3 Å². The first-order chi connectivity index (χ1) is 12.8. The molecule has 0 fully saturated rings. The molecule has 0 aliphatic heterocycles. The Labute approximate surface area is 153 Å². The van der Waals surface area contributed by atoms with Gasteiger partial charge >= 0.3 is 0 Å². The first kappa shape index (κ1) is 16.4. The Morgan fingerprint density at radius 2 is 1.52 bits per heavy atom. The lowest BCUT2D eigenvalue weighted by Crippen LogP contribution is -2.52. The largest absolute Gasteiger partial charge is 0.507 e. The van der Waals surface area contributed by atoms with Crippen molar-refractivity contribution in [3.63, 3.8) is 0 Å². The monoisotopic (exact) mass is 368 g/mol. The van der Waals surface area contributed by atoms with Crippen molar-refractivity contribution in [3.05, 3.63) is 57.6 Å². The SMILES string of the molecule is O=C1CC(O)C2c3ccc(O)c4c3C(O)(c3ccc(O)c1c32)C(O)CC4=O. The van der Waals surface area contributed by atoms with Gasteiger partial charge in [0, 0.05) is 24.3 Å². The fourth-order valence-corrected chi connectivity index (χ4v) is 4.99. The van der Waals surface area contributed by atoms with Crippen LogP contribution in [0.4, 0.5) is 0 Å². The van der Waals surface area contributed by atoms with Crippen molar-refractivity contribution in [3.8, 4) is 11.5 Å². The number of fused-ring (bicyclic) bond motifs is 2. The van der Waals surface area contributed by atoms with Gasteiger partial charge in [0.1, 0.15) is 17.1 Å². The zero-order valence-corrected chi connectivity index (χ0v) is 14.0. The van der Waals surface area contributed by atoms with Gasteiger partial charge in [0.2, 0.25) is 0 Å². The maximum absolute atomic E-state index is 12.5. The number of rotatable bonds is 0. The van der Waals surface area contributed by atoms with Crippen molar-refractivity contribution >= 4 is 11.6 Å². The summed E-state index contributed by atoms with van der Waals surface area (Å²) in [6.45, 7) is 0. The molecule has 0 radical (unpaired) electrons. The number of hydrogen-bond acceptors (Lipinski definition) is 7. The molecule has 27 heavy (non-hydrogen) atoms. The number of phenols is 2. The van der Waals surface area contributed by atoms with E-state index in [9.17, 15) is 35.1 Å². The van der Waals surface area contributed by atoms with E-state index in [0.29, 0.717) is 5.56 Å². The summed E-state index contributed by atoms with van der Waals surface area (Å²) >= 11 is 0. The molecule has 0 saturated heterocycles. The Balaban J connectivity index is 1.98. The number of hydrogen-bond donors (Lipinski definition) is 5. The molecule has 7 heteroatoms. The fraction of sp³-hybridized carbons (Fsp3) is 0.300. The van der Waals surface area contributed by atoms with Gasteiger partial charge < -0.3 is 25.5 Å². The normalized spacial score (nSPS) is 30.7. The Morgan fingerprint density at radius 1 is 0.889 bits per heavy atom. The Hall–Kier alpha value is -2.74. The third-order valence-electron chi connectivity index (χ3n) is 6.07. The average Bonchev–Trinajstić information content (AvgIpc) is 2.60. The van der Waals surface area contributed by atoms with Crippen molar-refractivity contribution in [2.45, 2.75) is 36.6 Å². The first-order valence-electron chi connectivity index (χ1n) is 8.64. The summed E-state index contributed by atoms with van der Waals surface area (Å²) in [6, 6.07) is 5.43. The molecule has 4 unspecified atom stereocenters. The lowest BCUT2D eigenvalue weighted by Gasteiger charge is -2.48. The minimum Gasteiger partial charge on any atom is -0.507 e. The highest BCUT2D eigenvalue weighted by Crippen LogP contribution is 2.57. The average molecular weight is 368 g/mol. The Bertz CT molecular complexity index is 1060. The maximum Gasteiger partial charge on any atom is 0.169 e. The zero-order valence-electron chi connectivity index (χ0n) is 14.0. The standard InChI is InChI=1S/C20H16O7/c21-9-4-2-8-16-15(11(23)5-12(24)17(9)16)7-1-3-10(22)18-13(25)6-14(26)20(8,27)19(7)18/h1-4,11,14-15,21-23,26-27H,5-6H2. The van der Waals surface area contributed by atoms with E-state index < -0.39 is 41.7 Å². The van der Waals surface area contributed by atoms with Gasteiger partial charge in [-0.05, 0) is 28.8 Å². The van der Waals surface area contributed by atoms with Gasteiger partial charge in [-0.1, -0.05) is 12.1 Å². The van der Waals surface area contributed by atoms with Gasteiger partial charge in [0.15, 0.2) is 11.6 Å². The summed E-state index contributed by atoms with van der Waals surface area (Å²) in [5.74, 6) is -2.31. The smallest absolute Gasteiger partial charge is 0.169 e. The van der Waals surface area contributed by atoms with E-state index in [4.69, 9.17) is 0 Å². The van der Waals surface area contributed by atoms with Crippen LogP contribution in [0.2, 0.25) is 0 Å². The molecule has 0 amide bonds. The number of carbonyl (C=O) groups excluding carboxylic acids is 2. The van der Waals surface area contributed by atoms with Crippen LogP contribution < -0.4 is 0 Å². The second kappa shape index (κ2) is 4.95. The minimum atomic E-state index is -2.04. The van der Waals surface area contributed by atoms with E-state index in [1.807, 2.05) is 0 Å². The van der Waals surface area contributed by atoms with Crippen LogP contribution in [0.1, 0.15) is 61.7 Å². The fourth-order valence-electron chi connectivity index (χ4n) is 4.99. The van der Waals surface area contributed by atoms with E-state index in [-0.39, 0.29) is 45.7 Å². The van der Waals surface area contributed by atoms with Gasteiger partial charge in [-0.2, -0.15) is 0 Å². The van der Waals surface area contributed by atoms with Gasteiger partial charge in [-0.15, -0.1) is 0 Å². The zero-order chi connectivity index (χ0) is 19.2. The third kappa shape index (κ3) is 1.76. The molecule has 5 N–H and O–H groups in total. The molecule has 4 atom stereocenters. The van der Waals surface area contributed by atoms with Crippen LogP contribution >= 0.6 is 0 Å². The van der Waals surface area contributed by atoms with Crippen LogP contribution in [-0.2, 0) is 5.60 Å². The summed E-state index contributed by atoms with van der Waals surface area (Å²) in [5, 5.41) is 53.3. The van der Waals surface area contributed by atoms with Crippen molar-refractivity contribution in [2.24, 2.45) is 0 Å². The summed E-state index contributed by atoms with van der Waals surface area (Å²) in [4.78, 5) is 25.0. The van der Waals surface area contributed by atoms with Gasteiger partial charge in [0.25, 0.3) is 0 Å². The molecule has 0 bridgehead atoms. The van der Waals surface area contributed by atoms with Gasteiger partial charge in [-0.25, -0.2) is 0 Å². The number of Topliss-reactive ketones (excluding diaryl/α,β-unsaturated/α-hetero) is 2. The molecule has 0 saturated carbocycles. The summed E-state index contributed by atoms with van der Waals surface area (Å²) in [7, 11) is 0. The van der Waals surface area contributed by atoms with Crippen molar-refractivity contribution in [1.29, 1.82) is 0 Å². The summed E-state index contributed by atoms with van der Waals surface area (Å²) < 4.78 is 0. The molecule has 7 nitrogen and oxygen atoms in total. The van der Waals surface area contributed by atoms with Crippen LogP contribution in [0.5, 0.6) is 11.5 Å². The number of aliphatic hydroxyl groups excluding tert-OH is 2. The molecule has 3 aliphatic carbocycles. The molecule has 5 rings (SSSR count). The number of ketones is 2. The van der Waals surface area contributed by atoms with E-state index in [1.54, 1.807) is 0 Å². The molecule has 2 aromatic carbocycles. The maximum atomic E-state index is 12.5. The predicted octanol–water partition coefficient (Wildman–Crippen LogP) is 0.674. The minimum absolute atomic E-state index is 0.0144. The van der Waals surface area contributed by atoms with Crippen LogP contribution in [0, 0.1) is 0 Å². The predicted molar refractivity (Wildman–Crippen MR) is 91.0 cm³/mol. The first-order valence-corrected chi connectivity index (χ1v) is 8.64. The molecule has 0 aromatic heterocycles. The molecule has 0 spiro atoms. The molecular weight excluding hydrogens is 352 g/mol. The Kier molecular flexibility index (Phi) is 3.01. The molecule has 3 aliphatic rings. The quantitative estimate of drug-likeness (QED) is 0.461. The highest BCUT2D eigenvalue weighted by atomic mass is 16.3. The number of aliphatic hydroxyl groups is 3. The number of benzene rings is 2. The van der Waals surface area contributed by atoms with E-state index in [0.717, 1.165) is 0 Å². The molecule has 0 heterocycles. The lowest BCUT2D eigenvalue weighted by molar-refractivity contribution is -0.0588. The third-order valence-corrected chi connectivity index (χ3v) is 6.07. The highest BCUT2D eigenvalue weighted by Gasteiger charge is 2.56. The second-order valence-corrected chi connectivity index (χ2v) is 7.43. The molecule has 2 aromatic rings. The van der Waals surface area contributed by atoms with Crippen LogP contribution in [-0.4, -0.2) is 49.3 Å². The van der Waals surface area contributed by atoms with Gasteiger partial charge in [0.05, 0.1) is 23.3 Å². The molecule has 138 valence electrons. The lowest BCUT2D eigenvalue weighted by atomic mass is 9.59. The van der Waals surface area contributed by atoms with E-state index in [2.05, 4.69) is 0 Å². The topological polar surface area (TPSA) is 135 Å². The van der Waals surface area contributed by atoms with Crippen LogP contribution in [0.25, 0.3) is 0 Å². The number of phenolic OH excluding ortho intramolecular Hbond substituents is 2. The molecular formula is C20H16O7. The van der Waals surface area contributed by atoms with Crippen molar-refractivity contribution in [2.75, 3.05) is 0 Å².